The zero-order chi connectivity index (χ0) is 33.4. The lowest BCUT2D eigenvalue weighted by molar-refractivity contribution is -0.281. The Balaban J connectivity index is 1.47. The second-order valence-corrected chi connectivity index (χ2v) is 10.5. The number of hydrogen-bond acceptors (Lipinski definition) is 12. The predicted octanol–water partition coefficient (Wildman–Crippen LogP) is 1.26. The lowest BCUT2D eigenvalue weighted by Gasteiger charge is -2.40. The molecule has 0 aromatic heterocycles. The van der Waals surface area contributed by atoms with E-state index in [1.165, 1.54) is 0 Å². The van der Waals surface area contributed by atoms with Gasteiger partial charge in [0.05, 0.1) is 13.2 Å². The summed E-state index contributed by atoms with van der Waals surface area (Å²) in [5.41, 5.74) is 3.97. The van der Waals surface area contributed by atoms with Gasteiger partial charge in [0.25, 0.3) is 0 Å². The van der Waals surface area contributed by atoms with Crippen molar-refractivity contribution < 1.29 is 62.3 Å². The van der Waals surface area contributed by atoms with Gasteiger partial charge in [-0.3, -0.25) is 24.0 Å². The summed E-state index contributed by atoms with van der Waals surface area (Å²) in [6, 6.07) is 13.9. The summed E-state index contributed by atoms with van der Waals surface area (Å²) < 4.78 is 32.6. The average Bonchev–Trinajstić information content (AvgIpc) is 3.32. The molecule has 3 N–H and O–H groups in total. The number of rotatable bonds is 12. The number of amides is 2. The maximum absolute atomic E-state index is 13.0. The summed E-state index contributed by atoms with van der Waals surface area (Å²) in [6.07, 6.45) is -6.39. The highest BCUT2D eigenvalue weighted by Crippen LogP contribution is 2.44. The summed E-state index contributed by atoms with van der Waals surface area (Å²) in [5, 5.41) is 13.6. The first-order valence-corrected chi connectivity index (χ1v) is 14.3. The van der Waals surface area contributed by atoms with Crippen molar-refractivity contribution in [2.24, 2.45) is 0 Å². The highest BCUT2D eigenvalue weighted by molar-refractivity contribution is 5.88. The number of benzene rings is 2. The van der Waals surface area contributed by atoms with E-state index in [2.05, 4.69) is 10.6 Å². The van der Waals surface area contributed by atoms with Gasteiger partial charge in [-0.15, -0.1) is 0 Å². The van der Waals surface area contributed by atoms with Gasteiger partial charge in [0, 0.05) is 26.7 Å². The Morgan fingerprint density at radius 1 is 0.848 bits per heavy atom. The standard InChI is InChI=1S/C31H34N2O13/c1-16(34)44-25-15-42-30(28(46-18(3)36)27(25)45-17(2)35)41-14-24(29(39)32-12-26(37)38)33-31(40)43-13-23-21-10-6-4-8-19(21)20-9-5-7-11-22(20)23/h4-11,23-25,27-28,30H,12-15H2,1-3H3,(H,32,39)(H,33,40)(H,37,38)/t24-,25+,27-,28+,30+/m0/s1. The molecule has 5 atom stereocenters. The van der Waals surface area contributed by atoms with Gasteiger partial charge in [-0.1, -0.05) is 48.5 Å². The number of hydrogen-bond donors (Lipinski definition) is 3. The first-order chi connectivity index (χ1) is 21.9. The van der Waals surface area contributed by atoms with E-state index in [0.717, 1.165) is 43.0 Å². The summed E-state index contributed by atoms with van der Waals surface area (Å²) in [7, 11) is 0. The molecule has 2 amide bonds. The van der Waals surface area contributed by atoms with E-state index < -0.39 is 79.7 Å². The average molecular weight is 643 g/mol. The molecule has 2 aromatic rings. The van der Waals surface area contributed by atoms with Gasteiger partial charge in [-0.2, -0.15) is 0 Å². The number of aliphatic carboxylic acids is 1. The van der Waals surface area contributed by atoms with Gasteiger partial charge in [0.1, 0.15) is 19.2 Å². The smallest absolute Gasteiger partial charge is 0.407 e. The van der Waals surface area contributed by atoms with E-state index in [-0.39, 0.29) is 19.1 Å². The number of nitrogens with one attached hydrogen (secondary N) is 2. The number of esters is 3. The lowest BCUT2D eigenvalue weighted by Crippen LogP contribution is -2.59. The Bertz CT molecular complexity index is 1430. The number of alkyl carbamates (subject to hydrolysis) is 1. The Hall–Kier alpha value is -5.02. The summed E-state index contributed by atoms with van der Waals surface area (Å²) in [6.45, 7) is 1.53. The minimum absolute atomic E-state index is 0.0634. The van der Waals surface area contributed by atoms with E-state index in [0.29, 0.717) is 0 Å². The molecule has 1 fully saturated rings. The van der Waals surface area contributed by atoms with Gasteiger partial charge in [0.2, 0.25) is 5.91 Å². The summed E-state index contributed by atoms with van der Waals surface area (Å²) in [5.74, 6) is -4.82. The topological polar surface area (TPSA) is 202 Å². The number of carboxylic acid groups (broad SMARTS) is 1. The van der Waals surface area contributed by atoms with E-state index in [4.69, 9.17) is 33.5 Å². The first-order valence-electron chi connectivity index (χ1n) is 14.3. The van der Waals surface area contributed by atoms with E-state index in [1.54, 1.807) is 0 Å². The van der Waals surface area contributed by atoms with Gasteiger partial charge in [-0.05, 0) is 22.3 Å². The third-order valence-corrected chi connectivity index (χ3v) is 7.10. The zero-order valence-corrected chi connectivity index (χ0v) is 25.3. The maximum Gasteiger partial charge on any atom is 0.407 e. The molecule has 46 heavy (non-hydrogen) atoms. The Morgan fingerprint density at radius 3 is 1.98 bits per heavy atom. The van der Waals surface area contributed by atoms with Crippen LogP contribution in [0, 0.1) is 0 Å². The van der Waals surface area contributed by atoms with Crippen LogP contribution in [-0.4, -0.2) is 98.0 Å². The predicted molar refractivity (Wildman–Crippen MR) is 155 cm³/mol. The highest BCUT2D eigenvalue weighted by Gasteiger charge is 2.48. The molecule has 0 radical (unpaired) electrons. The van der Waals surface area contributed by atoms with Crippen LogP contribution in [0.3, 0.4) is 0 Å². The van der Waals surface area contributed by atoms with E-state index in [1.807, 2.05) is 48.5 Å². The number of fused-ring (bicyclic) bond motifs is 3. The quantitative estimate of drug-likeness (QED) is 0.221. The van der Waals surface area contributed by atoms with E-state index >= 15 is 0 Å². The molecule has 15 nitrogen and oxygen atoms in total. The van der Waals surface area contributed by atoms with Crippen molar-refractivity contribution in [3.05, 3.63) is 59.7 Å². The minimum Gasteiger partial charge on any atom is -0.480 e. The molecule has 0 bridgehead atoms. The van der Waals surface area contributed by atoms with Crippen molar-refractivity contribution in [1.29, 1.82) is 0 Å². The van der Waals surface area contributed by atoms with Gasteiger partial charge in [0.15, 0.2) is 24.6 Å². The van der Waals surface area contributed by atoms with Crippen LogP contribution < -0.4 is 10.6 Å². The summed E-state index contributed by atoms with van der Waals surface area (Å²) >= 11 is 0. The number of carboxylic acids is 1. The number of carbonyl (C=O) groups excluding carboxylic acids is 5. The second kappa shape index (κ2) is 15.3. The van der Waals surface area contributed by atoms with Crippen LogP contribution in [0.1, 0.15) is 37.8 Å². The van der Waals surface area contributed by atoms with Crippen molar-refractivity contribution in [2.45, 2.75) is 57.3 Å². The molecule has 4 rings (SSSR count). The molecular formula is C31H34N2O13. The Morgan fingerprint density at radius 2 is 1.41 bits per heavy atom. The first kappa shape index (κ1) is 33.9. The van der Waals surface area contributed by atoms with Crippen molar-refractivity contribution in [1.82, 2.24) is 10.6 Å². The largest absolute Gasteiger partial charge is 0.480 e. The third kappa shape index (κ3) is 8.57. The molecule has 1 saturated heterocycles. The van der Waals surface area contributed by atoms with Crippen molar-refractivity contribution in [2.75, 3.05) is 26.4 Å². The molecule has 2 aromatic carbocycles. The van der Waals surface area contributed by atoms with Crippen LogP contribution in [0.15, 0.2) is 48.5 Å². The fourth-order valence-electron chi connectivity index (χ4n) is 5.29. The third-order valence-electron chi connectivity index (χ3n) is 7.10. The maximum atomic E-state index is 13.0. The van der Waals surface area contributed by atoms with Gasteiger partial charge >= 0.3 is 30.0 Å². The Kier molecular flexibility index (Phi) is 11.3. The normalized spacial score (nSPS) is 20.7. The molecular weight excluding hydrogens is 608 g/mol. The van der Waals surface area contributed by atoms with Crippen molar-refractivity contribution in [3.63, 3.8) is 0 Å². The van der Waals surface area contributed by atoms with Crippen LogP contribution in [0.4, 0.5) is 4.79 Å². The Labute approximate surface area is 263 Å². The van der Waals surface area contributed by atoms with E-state index in [9.17, 15) is 28.8 Å². The monoisotopic (exact) mass is 642 g/mol. The second-order valence-electron chi connectivity index (χ2n) is 10.5. The van der Waals surface area contributed by atoms with Gasteiger partial charge < -0.3 is 44.2 Å². The lowest BCUT2D eigenvalue weighted by atomic mass is 9.98. The van der Waals surface area contributed by atoms with Crippen LogP contribution in [0.25, 0.3) is 11.1 Å². The molecule has 2 aliphatic rings. The van der Waals surface area contributed by atoms with Crippen molar-refractivity contribution in [3.8, 4) is 11.1 Å². The molecule has 1 aliphatic heterocycles. The zero-order valence-electron chi connectivity index (χ0n) is 25.3. The van der Waals surface area contributed by atoms with Crippen molar-refractivity contribution >= 4 is 35.9 Å². The number of carbonyl (C=O) groups is 6. The molecule has 1 heterocycles. The molecule has 0 unspecified atom stereocenters. The van der Waals surface area contributed by atoms with Crippen LogP contribution >= 0.6 is 0 Å². The highest BCUT2D eigenvalue weighted by atomic mass is 16.7. The molecule has 0 spiro atoms. The van der Waals surface area contributed by atoms with Crippen LogP contribution in [-0.2, 0) is 52.4 Å². The molecule has 0 saturated carbocycles. The fraction of sp³-hybridized carbons (Fsp3) is 0.419. The van der Waals surface area contributed by atoms with Crippen LogP contribution in [0.5, 0.6) is 0 Å². The van der Waals surface area contributed by atoms with Crippen LogP contribution in [0.2, 0.25) is 0 Å². The molecule has 1 aliphatic carbocycles. The molecule has 246 valence electrons. The SMILES string of the molecule is CC(=O)O[C@@H]1[C@@H](OC(C)=O)[C@H](OC[C@H](NC(=O)OCC2c3ccccc3-c3ccccc32)C(=O)NCC(=O)O)OC[C@H]1OC(C)=O. The number of ether oxygens (including phenoxy) is 6. The fourth-order valence-corrected chi connectivity index (χ4v) is 5.29. The van der Waals surface area contributed by atoms with Gasteiger partial charge in [-0.25, -0.2) is 4.79 Å². The minimum atomic E-state index is -1.50. The molecule has 15 heteroatoms. The summed E-state index contributed by atoms with van der Waals surface area (Å²) in [4.78, 5) is 72.3.